The van der Waals surface area contributed by atoms with Gasteiger partial charge in [-0.15, -0.1) is 0 Å². The lowest BCUT2D eigenvalue weighted by Crippen LogP contribution is -2.02. The molecule has 5 heteroatoms. The second-order valence-electron chi connectivity index (χ2n) is 7.80. The van der Waals surface area contributed by atoms with Crippen LogP contribution in [0.4, 0.5) is 0 Å². The highest BCUT2D eigenvalue weighted by Gasteiger charge is 2.15. The van der Waals surface area contributed by atoms with Crippen LogP contribution in [0.1, 0.15) is 11.1 Å². The average Bonchev–Trinajstić information content (AvgIpc) is 3.22. The van der Waals surface area contributed by atoms with Crippen LogP contribution in [0.3, 0.4) is 0 Å². The van der Waals surface area contributed by atoms with E-state index in [9.17, 15) is 0 Å². The van der Waals surface area contributed by atoms with Gasteiger partial charge in [-0.25, -0.2) is 4.98 Å². The zero-order chi connectivity index (χ0) is 22.6. The maximum absolute atomic E-state index is 6.09. The largest absolute Gasteiger partial charge is 0.497 e. The molecule has 0 N–H and O–H groups in total. The lowest BCUT2D eigenvalue weighted by atomic mass is 10.2. The van der Waals surface area contributed by atoms with Gasteiger partial charge in [0.05, 0.1) is 18.1 Å². The van der Waals surface area contributed by atoms with Gasteiger partial charge < -0.3 is 14.0 Å². The Morgan fingerprint density at radius 3 is 2.39 bits per heavy atom. The molecule has 0 aliphatic rings. The SMILES string of the molecule is COc1cccc(-c2nc3cc(OCc4ccccc4)ccc3n2Cc2ccc(Cl)cc2)c1. The third kappa shape index (κ3) is 4.71. The molecule has 5 rings (SSSR count). The summed E-state index contributed by atoms with van der Waals surface area (Å²) in [5, 5.41) is 0.725. The smallest absolute Gasteiger partial charge is 0.141 e. The number of ether oxygens (including phenoxy) is 2. The Balaban J connectivity index is 1.54. The van der Waals surface area contributed by atoms with Gasteiger partial charge in [0.1, 0.15) is 23.9 Å². The van der Waals surface area contributed by atoms with Gasteiger partial charge in [-0.2, -0.15) is 0 Å². The van der Waals surface area contributed by atoms with Crippen LogP contribution in [0.25, 0.3) is 22.4 Å². The van der Waals surface area contributed by atoms with Crippen LogP contribution in [0, 0.1) is 0 Å². The Morgan fingerprint density at radius 1 is 0.788 bits per heavy atom. The average molecular weight is 455 g/mol. The number of benzene rings is 4. The zero-order valence-corrected chi connectivity index (χ0v) is 19.0. The fraction of sp³-hybridized carbons (Fsp3) is 0.107. The predicted octanol–water partition coefficient (Wildman–Crippen LogP) is 6.99. The van der Waals surface area contributed by atoms with Crippen molar-refractivity contribution in [2.24, 2.45) is 0 Å². The first-order valence-corrected chi connectivity index (χ1v) is 11.1. The zero-order valence-electron chi connectivity index (χ0n) is 18.2. The van der Waals surface area contributed by atoms with Gasteiger partial charge in [-0.1, -0.05) is 66.2 Å². The highest BCUT2D eigenvalue weighted by molar-refractivity contribution is 6.30. The van der Waals surface area contributed by atoms with Crippen molar-refractivity contribution in [1.29, 1.82) is 0 Å². The van der Waals surface area contributed by atoms with E-state index in [0.29, 0.717) is 13.2 Å². The van der Waals surface area contributed by atoms with Gasteiger partial charge in [0.2, 0.25) is 0 Å². The third-order valence-corrected chi connectivity index (χ3v) is 5.80. The van der Waals surface area contributed by atoms with Crippen LogP contribution in [0.15, 0.2) is 97.1 Å². The fourth-order valence-corrected chi connectivity index (χ4v) is 3.98. The van der Waals surface area contributed by atoms with Crippen molar-refractivity contribution in [2.75, 3.05) is 7.11 Å². The summed E-state index contributed by atoms with van der Waals surface area (Å²) < 4.78 is 13.7. The standard InChI is InChI=1S/C28H23ClN2O2/c1-32-24-9-5-8-22(16-24)28-30-26-17-25(33-19-21-6-3-2-4-7-21)14-15-27(26)31(28)18-20-10-12-23(29)13-11-20/h2-17H,18-19H2,1H3. The van der Waals surface area contributed by atoms with Crippen LogP contribution in [-0.4, -0.2) is 16.7 Å². The van der Waals surface area contributed by atoms with Crippen molar-refractivity contribution in [1.82, 2.24) is 9.55 Å². The highest BCUT2D eigenvalue weighted by atomic mass is 35.5. The number of methoxy groups -OCH3 is 1. The molecule has 0 radical (unpaired) electrons. The van der Waals surface area contributed by atoms with Crippen LogP contribution in [0.5, 0.6) is 11.5 Å². The lowest BCUT2D eigenvalue weighted by Gasteiger charge is -2.11. The van der Waals surface area contributed by atoms with Crippen LogP contribution < -0.4 is 9.47 Å². The van der Waals surface area contributed by atoms with Gasteiger partial charge in [0, 0.05) is 23.2 Å². The van der Waals surface area contributed by atoms with Crippen molar-refractivity contribution in [3.8, 4) is 22.9 Å². The topological polar surface area (TPSA) is 36.3 Å². The summed E-state index contributed by atoms with van der Waals surface area (Å²) in [5.74, 6) is 2.46. The number of rotatable bonds is 7. The molecule has 0 fully saturated rings. The molecule has 0 saturated carbocycles. The Labute approximate surface area is 198 Å². The fourth-order valence-electron chi connectivity index (χ4n) is 3.86. The first-order valence-electron chi connectivity index (χ1n) is 10.8. The van der Waals surface area contributed by atoms with Gasteiger partial charge in [-0.3, -0.25) is 0 Å². The predicted molar refractivity (Wildman–Crippen MR) is 133 cm³/mol. The molecule has 4 aromatic carbocycles. The maximum Gasteiger partial charge on any atom is 0.141 e. The molecule has 0 bridgehead atoms. The van der Waals surface area contributed by atoms with Crippen LogP contribution >= 0.6 is 11.6 Å². The van der Waals surface area contributed by atoms with E-state index in [1.54, 1.807) is 7.11 Å². The van der Waals surface area contributed by atoms with E-state index in [0.717, 1.165) is 50.1 Å². The Morgan fingerprint density at radius 2 is 1.61 bits per heavy atom. The second-order valence-corrected chi connectivity index (χ2v) is 8.24. The molecule has 0 aliphatic carbocycles. The molecule has 0 spiro atoms. The van der Waals surface area contributed by atoms with Gasteiger partial charge in [0.15, 0.2) is 0 Å². The van der Waals surface area contributed by atoms with Gasteiger partial charge in [-0.05, 0) is 47.5 Å². The lowest BCUT2D eigenvalue weighted by molar-refractivity contribution is 0.306. The summed E-state index contributed by atoms with van der Waals surface area (Å²) in [5.41, 5.74) is 5.18. The Hall–Kier alpha value is -3.76. The molecular weight excluding hydrogens is 432 g/mol. The third-order valence-electron chi connectivity index (χ3n) is 5.55. The first-order chi connectivity index (χ1) is 16.2. The molecule has 4 nitrogen and oxygen atoms in total. The summed E-state index contributed by atoms with van der Waals surface area (Å²) >= 11 is 6.09. The minimum Gasteiger partial charge on any atom is -0.497 e. The van der Waals surface area contributed by atoms with Crippen LogP contribution in [0.2, 0.25) is 5.02 Å². The van der Waals surface area contributed by atoms with E-state index < -0.39 is 0 Å². The highest BCUT2D eigenvalue weighted by Crippen LogP contribution is 2.30. The van der Waals surface area contributed by atoms with Crippen LogP contribution in [-0.2, 0) is 13.2 Å². The maximum atomic E-state index is 6.09. The molecular formula is C28H23ClN2O2. The van der Waals surface area contributed by atoms with E-state index in [4.69, 9.17) is 26.1 Å². The second kappa shape index (κ2) is 9.39. The number of halogens is 1. The Kier molecular flexibility index (Phi) is 6.01. The van der Waals surface area contributed by atoms with Crippen molar-refractivity contribution in [3.63, 3.8) is 0 Å². The van der Waals surface area contributed by atoms with Crippen molar-refractivity contribution in [3.05, 3.63) is 113 Å². The summed E-state index contributed by atoms with van der Waals surface area (Å²) in [7, 11) is 1.67. The minimum atomic E-state index is 0.514. The van der Waals surface area contributed by atoms with Crippen molar-refractivity contribution >= 4 is 22.6 Å². The molecule has 0 amide bonds. The minimum absolute atomic E-state index is 0.514. The molecule has 1 aromatic heterocycles. The van der Waals surface area contributed by atoms with E-state index in [1.807, 2.05) is 72.8 Å². The Bertz CT molecular complexity index is 1380. The molecule has 1 heterocycles. The number of nitrogens with zero attached hydrogens (tertiary/aromatic N) is 2. The quantitative estimate of drug-likeness (QED) is 0.266. The first kappa shape index (κ1) is 21.1. The molecule has 33 heavy (non-hydrogen) atoms. The molecule has 0 atom stereocenters. The molecule has 164 valence electrons. The number of hydrogen-bond donors (Lipinski definition) is 0. The summed E-state index contributed by atoms with van der Waals surface area (Å²) in [6, 6.07) is 32.1. The van der Waals surface area contributed by atoms with Crippen molar-refractivity contribution in [2.45, 2.75) is 13.2 Å². The van der Waals surface area contributed by atoms with E-state index >= 15 is 0 Å². The van der Waals surface area contributed by atoms with E-state index in [1.165, 1.54) is 0 Å². The van der Waals surface area contributed by atoms with E-state index in [-0.39, 0.29) is 0 Å². The van der Waals surface area contributed by atoms with Gasteiger partial charge in [0.25, 0.3) is 0 Å². The normalized spacial score (nSPS) is 11.0. The number of imidazole rings is 1. The summed E-state index contributed by atoms with van der Waals surface area (Å²) in [6.07, 6.45) is 0. The summed E-state index contributed by atoms with van der Waals surface area (Å²) in [4.78, 5) is 4.99. The number of hydrogen-bond acceptors (Lipinski definition) is 3. The number of fused-ring (bicyclic) bond motifs is 1. The molecule has 0 unspecified atom stereocenters. The summed E-state index contributed by atoms with van der Waals surface area (Å²) in [6.45, 7) is 1.19. The molecule has 0 aliphatic heterocycles. The number of aromatic nitrogens is 2. The molecule has 0 saturated heterocycles. The van der Waals surface area contributed by atoms with Crippen molar-refractivity contribution < 1.29 is 9.47 Å². The van der Waals surface area contributed by atoms with Gasteiger partial charge >= 0.3 is 0 Å². The molecule has 5 aromatic rings. The van der Waals surface area contributed by atoms with E-state index in [2.05, 4.69) is 28.8 Å². The monoisotopic (exact) mass is 454 g/mol.